The first-order chi connectivity index (χ1) is 13.2. The van der Waals surface area contributed by atoms with Crippen LogP contribution in [0.3, 0.4) is 0 Å². The van der Waals surface area contributed by atoms with Gasteiger partial charge in [-0.15, -0.1) is 0 Å². The molecule has 1 aliphatic heterocycles. The van der Waals surface area contributed by atoms with Crippen LogP contribution in [0.1, 0.15) is 27.2 Å². The first-order valence-corrected chi connectivity index (χ1v) is 9.00. The average molecular weight is 388 g/mol. The van der Waals surface area contributed by atoms with E-state index in [0.717, 1.165) is 10.8 Å². The van der Waals surface area contributed by atoms with Gasteiger partial charge < -0.3 is 19.3 Å². The molecule has 150 valence electrons. The molecule has 2 atom stereocenters. The zero-order valence-electron chi connectivity index (χ0n) is 16.3. The first kappa shape index (κ1) is 19.7. The predicted octanol–water partition coefficient (Wildman–Crippen LogP) is 3.08. The van der Waals surface area contributed by atoms with E-state index in [1.807, 2.05) is 24.3 Å². The minimum absolute atomic E-state index is 0.105. The summed E-state index contributed by atoms with van der Waals surface area (Å²) in [6, 6.07) is 6.39. The maximum atomic E-state index is 12.4. The van der Waals surface area contributed by atoms with E-state index < -0.39 is 29.8 Å². The molecule has 1 aliphatic rings. The summed E-state index contributed by atoms with van der Waals surface area (Å²) in [6.07, 6.45) is 0.590. The summed E-state index contributed by atoms with van der Waals surface area (Å²) >= 11 is 0. The van der Waals surface area contributed by atoms with Crippen molar-refractivity contribution < 1.29 is 28.9 Å². The van der Waals surface area contributed by atoms with Gasteiger partial charge in [0.15, 0.2) is 0 Å². The Hall–Kier alpha value is -3.03. The average Bonchev–Trinajstić information content (AvgIpc) is 3.05. The predicted molar refractivity (Wildman–Crippen MR) is 102 cm³/mol. The maximum absolute atomic E-state index is 12.4. The molecule has 0 radical (unpaired) electrons. The molecule has 0 saturated carbocycles. The van der Waals surface area contributed by atoms with E-state index in [1.54, 1.807) is 34.1 Å². The van der Waals surface area contributed by atoms with Crippen LogP contribution >= 0.6 is 0 Å². The molecule has 0 spiro atoms. The van der Waals surface area contributed by atoms with Crippen molar-refractivity contribution in [3.05, 3.63) is 30.5 Å². The van der Waals surface area contributed by atoms with Gasteiger partial charge in [-0.05, 0) is 44.4 Å². The molecule has 1 unspecified atom stereocenters. The Bertz CT molecular complexity index is 892. The van der Waals surface area contributed by atoms with Gasteiger partial charge >= 0.3 is 12.1 Å². The van der Waals surface area contributed by atoms with Crippen molar-refractivity contribution in [3.8, 4) is 11.6 Å². The highest BCUT2D eigenvalue weighted by Crippen LogP contribution is 2.30. The molecule has 1 N–H and O–H groups in total. The molecular weight excluding hydrogens is 364 g/mol. The van der Waals surface area contributed by atoms with Crippen LogP contribution < -0.4 is 9.47 Å². The molecule has 2 heterocycles. The minimum Gasteiger partial charge on any atom is -0.497 e. The van der Waals surface area contributed by atoms with E-state index in [-0.39, 0.29) is 13.0 Å². The van der Waals surface area contributed by atoms with E-state index in [0.29, 0.717) is 11.6 Å². The van der Waals surface area contributed by atoms with Gasteiger partial charge in [-0.1, -0.05) is 6.07 Å². The van der Waals surface area contributed by atoms with Gasteiger partial charge in [0.2, 0.25) is 5.88 Å². The Balaban J connectivity index is 1.82. The molecule has 1 fully saturated rings. The lowest BCUT2D eigenvalue weighted by Gasteiger charge is -2.26. The third-order valence-corrected chi connectivity index (χ3v) is 4.39. The number of carboxylic acid groups (broad SMARTS) is 1. The largest absolute Gasteiger partial charge is 0.497 e. The number of nitrogens with zero attached hydrogens (tertiary/aromatic N) is 2. The van der Waals surface area contributed by atoms with Crippen molar-refractivity contribution >= 4 is 22.8 Å². The van der Waals surface area contributed by atoms with Crippen molar-refractivity contribution in [3.63, 3.8) is 0 Å². The van der Waals surface area contributed by atoms with Crippen LogP contribution in [0.2, 0.25) is 0 Å². The van der Waals surface area contributed by atoms with Crippen molar-refractivity contribution in [1.82, 2.24) is 9.88 Å². The number of methoxy groups -OCH3 is 1. The number of aliphatic carboxylic acids is 1. The number of carbonyl (C=O) groups is 2. The Kier molecular flexibility index (Phi) is 5.31. The second-order valence-corrected chi connectivity index (χ2v) is 7.67. The zero-order valence-corrected chi connectivity index (χ0v) is 16.3. The third-order valence-electron chi connectivity index (χ3n) is 4.39. The molecule has 3 rings (SSSR count). The van der Waals surface area contributed by atoms with Gasteiger partial charge in [0.05, 0.1) is 13.7 Å². The Labute approximate surface area is 163 Å². The Morgan fingerprint density at radius 2 is 2.00 bits per heavy atom. The van der Waals surface area contributed by atoms with E-state index in [1.165, 1.54) is 4.90 Å². The van der Waals surface area contributed by atoms with Crippen molar-refractivity contribution in [2.24, 2.45) is 0 Å². The monoisotopic (exact) mass is 388 g/mol. The number of aromatic nitrogens is 1. The number of benzene rings is 1. The Morgan fingerprint density at radius 1 is 1.25 bits per heavy atom. The molecular formula is C20H24N2O6. The number of carboxylic acids is 1. The smallest absolute Gasteiger partial charge is 0.411 e. The van der Waals surface area contributed by atoms with Crippen molar-refractivity contribution in [2.45, 2.75) is 44.9 Å². The minimum atomic E-state index is -1.09. The number of ether oxygens (including phenoxy) is 3. The number of hydrogen-bond donors (Lipinski definition) is 1. The van der Waals surface area contributed by atoms with Gasteiger partial charge in [-0.25, -0.2) is 14.6 Å². The molecule has 1 aromatic carbocycles. The molecule has 8 nitrogen and oxygen atoms in total. The molecule has 2 aromatic rings. The van der Waals surface area contributed by atoms with Crippen LogP contribution in [0.25, 0.3) is 10.8 Å². The van der Waals surface area contributed by atoms with E-state index in [9.17, 15) is 14.7 Å². The molecule has 1 saturated heterocycles. The molecule has 0 aliphatic carbocycles. The molecule has 0 bridgehead atoms. The molecule has 1 amide bonds. The zero-order chi connectivity index (χ0) is 20.5. The molecule has 8 heteroatoms. The lowest BCUT2D eigenvalue weighted by Crippen LogP contribution is -2.43. The van der Waals surface area contributed by atoms with Gasteiger partial charge in [0.1, 0.15) is 23.5 Å². The van der Waals surface area contributed by atoms with E-state index >= 15 is 0 Å². The lowest BCUT2D eigenvalue weighted by molar-refractivity contribution is -0.142. The van der Waals surface area contributed by atoms with Crippen molar-refractivity contribution in [2.75, 3.05) is 13.7 Å². The second kappa shape index (κ2) is 7.53. The third kappa shape index (κ3) is 4.27. The van der Waals surface area contributed by atoms with Gasteiger partial charge in [0, 0.05) is 18.0 Å². The van der Waals surface area contributed by atoms with Crippen LogP contribution in [-0.4, -0.2) is 58.5 Å². The molecule has 28 heavy (non-hydrogen) atoms. The first-order valence-electron chi connectivity index (χ1n) is 9.00. The number of likely N-dealkylation sites (tertiary alicyclic amines) is 1. The SMILES string of the molecule is COc1ccc2ccnc(OC3C[C@@H](C(=O)O)N(C(=O)OC(C)(C)C)C3)c2c1. The van der Waals surface area contributed by atoms with Crippen molar-refractivity contribution in [1.29, 1.82) is 0 Å². The highest BCUT2D eigenvalue weighted by molar-refractivity contribution is 5.88. The summed E-state index contributed by atoms with van der Waals surface area (Å²) in [5, 5.41) is 11.2. The fourth-order valence-corrected chi connectivity index (χ4v) is 3.14. The standard InChI is InChI=1S/C20H24N2O6/c1-20(2,3)28-19(25)22-11-14(10-16(22)18(23)24)27-17-15-9-13(26-4)6-5-12(15)7-8-21-17/h5-9,14,16H,10-11H2,1-4H3,(H,23,24)/t14?,16-/m0/s1. The van der Waals surface area contributed by atoms with E-state index in [2.05, 4.69) is 4.98 Å². The summed E-state index contributed by atoms with van der Waals surface area (Å²) in [4.78, 5) is 29.5. The van der Waals surface area contributed by atoms with Gasteiger partial charge in [-0.2, -0.15) is 0 Å². The quantitative estimate of drug-likeness (QED) is 0.859. The topological polar surface area (TPSA) is 98.2 Å². The van der Waals surface area contributed by atoms with Crippen LogP contribution in [0.4, 0.5) is 4.79 Å². The fourth-order valence-electron chi connectivity index (χ4n) is 3.14. The summed E-state index contributed by atoms with van der Waals surface area (Å²) in [6.45, 7) is 5.31. The van der Waals surface area contributed by atoms with Crippen LogP contribution in [-0.2, 0) is 9.53 Å². The fraction of sp³-hybridized carbons (Fsp3) is 0.450. The number of amides is 1. The summed E-state index contributed by atoms with van der Waals surface area (Å²) in [5.74, 6) is -0.0587. The van der Waals surface area contributed by atoms with Gasteiger partial charge in [-0.3, -0.25) is 4.90 Å². The Morgan fingerprint density at radius 3 is 2.64 bits per heavy atom. The van der Waals surface area contributed by atoms with Crippen LogP contribution in [0.15, 0.2) is 30.5 Å². The number of rotatable bonds is 4. The molecule has 1 aromatic heterocycles. The second-order valence-electron chi connectivity index (χ2n) is 7.67. The lowest BCUT2D eigenvalue weighted by atomic mass is 10.1. The van der Waals surface area contributed by atoms with Crippen LogP contribution in [0.5, 0.6) is 11.6 Å². The van der Waals surface area contributed by atoms with Crippen LogP contribution in [0, 0.1) is 0 Å². The maximum Gasteiger partial charge on any atom is 0.411 e. The number of carbonyl (C=O) groups excluding carboxylic acids is 1. The highest BCUT2D eigenvalue weighted by Gasteiger charge is 2.43. The number of hydrogen-bond acceptors (Lipinski definition) is 6. The van der Waals surface area contributed by atoms with E-state index in [4.69, 9.17) is 14.2 Å². The summed E-state index contributed by atoms with van der Waals surface area (Å²) in [7, 11) is 1.57. The normalized spacial score (nSPS) is 19.5. The number of fused-ring (bicyclic) bond motifs is 1. The number of pyridine rings is 1. The van der Waals surface area contributed by atoms with Gasteiger partial charge in [0.25, 0.3) is 0 Å². The highest BCUT2D eigenvalue weighted by atomic mass is 16.6. The summed E-state index contributed by atoms with van der Waals surface area (Å²) in [5.41, 5.74) is -0.715. The summed E-state index contributed by atoms with van der Waals surface area (Å²) < 4.78 is 16.6.